The molecule has 2 aromatic heterocycles. The van der Waals surface area contributed by atoms with Gasteiger partial charge in [-0.2, -0.15) is 5.10 Å². The zero-order valence-corrected chi connectivity index (χ0v) is 14.4. The van der Waals surface area contributed by atoms with Gasteiger partial charge in [0.2, 0.25) is 5.91 Å². The summed E-state index contributed by atoms with van der Waals surface area (Å²) < 4.78 is 1.83. The molecule has 3 N–H and O–H groups in total. The predicted octanol–water partition coefficient (Wildman–Crippen LogP) is 2.77. The van der Waals surface area contributed by atoms with Crippen molar-refractivity contribution in [3.05, 3.63) is 77.7 Å². The minimum atomic E-state index is -0.517. The van der Waals surface area contributed by atoms with Crippen LogP contribution in [0.5, 0.6) is 0 Å². The van der Waals surface area contributed by atoms with E-state index in [1.54, 1.807) is 36.7 Å². The number of hydrogen-bond acceptors (Lipinski definition) is 4. The van der Waals surface area contributed by atoms with Crippen LogP contribution in [0.3, 0.4) is 0 Å². The van der Waals surface area contributed by atoms with Crippen molar-refractivity contribution in [2.45, 2.75) is 13.0 Å². The molecule has 0 aliphatic carbocycles. The normalized spacial score (nSPS) is 11.7. The Labute approximate surface area is 150 Å². The summed E-state index contributed by atoms with van der Waals surface area (Å²) in [6.45, 7) is 2.05. The second-order valence-electron chi connectivity index (χ2n) is 5.50. The van der Waals surface area contributed by atoms with Gasteiger partial charge < -0.3 is 11.1 Å². The molecule has 0 fully saturated rings. The standard InChI is InChI=1S/C18H17N5OS/c1-12(13-6-9-20-10-7-13)23-11-8-16(22-23)21-18(25)15-5-3-2-4-14(15)17(19)24/h2-12H,1H3,(H2,19,24)(H,21,22,25). The first kappa shape index (κ1) is 16.8. The monoisotopic (exact) mass is 351 g/mol. The van der Waals surface area contributed by atoms with Crippen LogP contribution >= 0.6 is 12.2 Å². The van der Waals surface area contributed by atoms with Crippen molar-refractivity contribution in [1.29, 1.82) is 0 Å². The van der Waals surface area contributed by atoms with Gasteiger partial charge in [0, 0.05) is 35.8 Å². The van der Waals surface area contributed by atoms with Crippen molar-refractivity contribution in [2.24, 2.45) is 5.73 Å². The fourth-order valence-electron chi connectivity index (χ4n) is 2.49. The van der Waals surface area contributed by atoms with E-state index in [-0.39, 0.29) is 6.04 Å². The number of benzene rings is 1. The third kappa shape index (κ3) is 3.72. The van der Waals surface area contributed by atoms with Crippen LogP contribution in [0.1, 0.15) is 34.5 Å². The summed E-state index contributed by atoms with van der Waals surface area (Å²) >= 11 is 5.40. The first-order chi connectivity index (χ1) is 12.1. The molecular weight excluding hydrogens is 334 g/mol. The number of amides is 1. The van der Waals surface area contributed by atoms with E-state index in [0.29, 0.717) is 21.9 Å². The van der Waals surface area contributed by atoms with Crippen molar-refractivity contribution in [3.63, 3.8) is 0 Å². The SMILES string of the molecule is CC(c1ccncc1)n1ccc(NC(=S)c2ccccc2C(N)=O)n1. The lowest BCUT2D eigenvalue weighted by molar-refractivity contribution is 0.1000. The third-order valence-corrected chi connectivity index (χ3v) is 4.19. The molecule has 0 saturated heterocycles. The second-order valence-corrected chi connectivity index (χ2v) is 5.91. The van der Waals surface area contributed by atoms with Gasteiger partial charge in [0.25, 0.3) is 0 Å². The summed E-state index contributed by atoms with van der Waals surface area (Å²) in [7, 11) is 0. The number of rotatable bonds is 5. The number of hydrogen-bond donors (Lipinski definition) is 2. The van der Waals surface area contributed by atoms with Crippen molar-refractivity contribution >= 4 is 28.9 Å². The van der Waals surface area contributed by atoms with Crippen LogP contribution in [-0.4, -0.2) is 25.7 Å². The van der Waals surface area contributed by atoms with Crippen molar-refractivity contribution in [1.82, 2.24) is 14.8 Å². The van der Waals surface area contributed by atoms with E-state index >= 15 is 0 Å². The summed E-state index contributed by atoms with van der Waals surface area (Å²) in [5, 5.41) is 7.57. The fraction of sp³-hybridized carbons (Fsp3) is 0.111. The van der Waals surface area contributed by atoms with Crippen molar-refractivity contribution in [2.75, 3.05) is 5.32 Å². The third-order valence-electron chi connectivity index (χ3n) is 3.87. The molecule has 7 heteroatoms. The second kappa shape index (κ2) is 7.23. The number of nitrogens with two attached hydrogens (primary N) is 1. The Hall–Kier alpha value is -3.06. The van der Waals surface area contributed by atoms with Gasteiger partial charge in [-0.1, -0.05) is 30.4 Å². The number of nitrogens with one attached hydrogen (secondary N) is 1. The number of carbonyl (C=O) groups is 1. The van der Waals surface area contributed by atoms with E-state index in [1.165, 1.54) is 0 Å². The molecule has 0 saturated carbocycles. The highest BCUT2D eigenvalue weighted by atomic mass is 32.1. The molecule has 0 spiro atoms. The maximum atomic E-state index is 11.5. The number of thiocarbonyl (C=S) groups is 1. The number of carbonyl (C=O) groups excluding carboxylic acids is 1. The van der Waals surface area contributed by atoms with E-state index in [4.69, 9.17) is 18.0 Å². The Kier molecular flexibility index (Phi) is 4.85. The van der Waals surface area contributed by atoms with Crippen LogP contribution in [0.4, 0.5) is 5.82 Å². The van der Waals surface area contributed by atoms with Gasteiger partial charge >= 0.3 is 0 Å². The number of anilines is 1. The number of primary amides is 1. The Morgan fingerprint density at radius 3 is 2.52 bits per heavy atom. The smallest absolute Gasteiger partial charge is 0.249 e. The molecule has 0 aliphatic heterocycles. The van der Waals surface area contributed by atoms with E-state index in [2.05, 4.69) is 15.4 Å². The Morgan fingerprint density at radius 2 is 1.84 bits per heavy atom. The summed E-state index contributed by atoms with van der Waals surface area (Å²) in [6, 6.07) is 12.8. The van der Waals surface area contributed by atoms with Gasteiger partial charge in [-0.25, -0.2) is 0 Å². The largest absolute Gasteiger partial charge is 0.366 e. The topological polar surface area (TPSA) is 85.8 Å². The fourth-order valence-corrected chi connectivity index (χ4v) is 2.78. The highest BCUT2D eigenvalue weighted by Gasteiger charge is 2.14. The lowest BCUT2D eigenvalue weighted by Crippen LogP contribution is -2.20. The maximum Gasteiger partial charge on any atom is 0.249 e. The summed E-state index contributed by atoms with van der Waals surface area (Å²) in [6.07, 6.45) is 5.38. The maximum absolute atomic E-state index is 11.5. The van der Waals surface area contributed by atoms with Gasteiger partial charge in [-0.05, 0) is 30.7 Å². The molecular formula is C18H17N5OS. The lowest BCUT2D eigenvalue weighted by Gasteiger charge is -2.12. The highest BCUT2D eigenvalue weighted by molar-refractivity contribution is 7.81. The van der Waals surface area contributed by atoms with Gasteiger partial charge in [-0.15, -0.1) is 0 Å². The molecule has 3 rings (SSSR count). The molecule has 0 bridgehead atoms. The van der Waals surface area contributed by atoms with E-state index < -0.39 is 5.91 Å². The molecule has 25 heavy (non-hydrogen) atoms. The summed E-state index contributed by atoms with van der Waals surface area (Å²) in [5.74, 6) is 0.0850. The Morgan fingerprint density at radius 1 is 1.16 bits per heavy atom. The van der Waals surface area contributed by atoms with Crippen molar-refractivity contribution in [3.8, 4) is 0 Å². The number of nitrogens with zero attached hydrogens (tertiary/aromatic N) is 3. The molecule has 1 aromatic carbocycles. The van der Waals surface area contributed by atoms with Crippen LogP contribution < -0.4 is 11.1 Å². The molecule has 2 heterocycles. The Bertz CT molecular complexity index is 907. The van der Waals surface area contributed by atoms with Crippen molar-refractivity contribution < 1.29 is 4.79 Å². The minimum absolute atomic E-state index is 0.0602. The van der Waals surface area contributed by atoms with E-state index in [0.717, 1.165) is 5.56 Å². The van der Waals surface area contributed by atoms with Crippen LogP contribution in [0.2, 0.25) is 0 Å². The van der Waals surface area contributed by atoms with Crippen LogP contribution in [0.15, 0.2) is 61.1 Å². The predicted molar refractivity (Wildman–Crippen MR) is 101 cm³/mol. The quantitative estimate of drug-likeness (QED) is 0.690. The summed E-state index contributed by atoms with van der Waals surface area (Å²) in [5.41, 5.74) is 7.47. The zero-order valence-electron chi connectivity index (χ0n) is 13.6. The average Bonchev–Trinajstić information content (AvgIpc) is 3.10. The van der Waals surface area contributed by atoms with E-state index in [9.17, 15) is 4.79 Å². The van der Waals surface area contributed by atoms with Gasteiger partial charge in [0.1, 0.15) is 4.99 Å². The molecule has 0 aliphatic rings. The molecule has 1 amide bonds. The first-order valence-electron chi connectivity index (χ1n) is 7.71. The molecule has 1 unspecified atom stereocenters. The van der Waals surface area contributed by atoms with Crippen LogP contribution in [0, 0.1) is 0 Å². The Balaban J connectivity index is 1.78. The van der Waals surface area contributed by atoms with Crippen LogP contribution in [-0.2, 0) is 0 Å². The molecule has 126 valence electrons. The molecule has 0 radical (unpaired) electrons. The van der Waals surface area contributed by atoms with Gasteiger partial charge in [-0.3, -0.25) is 14.5 Å². The zero-order chi connectivity index (χ0) is 17.8. The first-order valence-corrected chi connectivity index (χ1v) is 8.12. The molecule has 3 aromatic rings. The molecule has 6 nitrogen and oxygen atoms in total. The van der Waals surface area contributed by atoms with Crippen LogP contribution in [0.25, 0.3) is 0 Å². The highest BCUT2D eigenvalue weighted by Crippen LogP contribution is 2.18. The minimum Gasteiger partial charge on any atom is -0.366 e. The van der Waals surface area contributed by atoms with Gasteiger partial charge in [0.15, 0.2) is 5.82 Å². The number of pyridine rings is 1. The molecule has 1 atom stereocenters. The van der Waals surface area contributed by atoms with E-state index in [1.807, 2.05) is 36.0 Å². The summed E-state index contributed by atoms with van der Waals surface area (Å²) in [4.78, 5) is 16.0. The van der Waals surface area contributed by atoms with Gasteiger partial charge in [0.05, 0.1) is 6.04 Å². The number of aromatic nitrogens is 3. The lowest BCUT2D eigenvalue weighted by atomic mass is 10.1. The average molecular weight is 351 g/mol.